The van der Waals surface area contributed by atoms with Crippen molar-refractivity contribution in [3.05, 3.63) is 93.3 Å². The number of nitrogens with one attached hydrogen (secondary N) is 1. The molecule has 1 amide bonds. The summed E-state index contributed by atoms with van der Waals surface area (Å²) in [6, 6.07) is 21.4. The van der Waals surface area contributed by atoms with Gasteiger partial charge in [-0.15, -0.1) is 11.3 Å². The molecule has 5 rings (SSSR count). The van der Waals surface area contributed by atoms with Gasteiger partial charge >= 0.3 is 0 Å². The maximum Gasteiger partial charge on any atom is 0.263 e. The highest BCUT2D eigenvalue weighted by atomic mass is 79.9. The van der Waals surface area contributed by atoms with Crippen LogP contribution in [0, 0.1) is 0 Å². The summed E-state index contributed by atoms with van der Waals surface area (Å²) in [7, 11) is 0. The van der Waals surface area contributed by atoms with Crippen molar-refractivity contribution in [2.24, 2.45) is 0 Å². The third kappa shape index (κ3) is 3.78. The van der Waals surface area contributed by atoms with Gasteiger partial charge in [0, 0.05) is 26.5 Å². The predicted molar refractivity (Wildman–Crippen MR) is 130 cm³/mol. The zero-order valence-electron chi connectivity index (χ0n) is 16.2. The van der Waals surface area contributed by atoms with E-state index < -0.39 is 0 Å². The number of carbonyl (C=O) groups excluding carboxylic acids is 1. The van der Waals surface area contributed by atoms with Crippen molar-refractivity contribution >= 4 is 59.9 Å². The van der Waals surface area contributed by atoms with Crippen LogP contribution in [-0.4, -0.2) is 15.5 Å². The van der Waals surface area contributed by atoms with Crippen molar-refractivity contribution in [3.8, 4) is 11.1 Å². The zero-order chi connectivity index (χ0) is 21.4. The topological polar surface area (TPSA) is 64.0 Å². The van der Waals surface area contributed by atoms with E-state index in [0.717, 1.165) is 32.1 Å². The lowest BCUT2D eigenvalue weighted by atomic mass is 10.1. The Morgan fingerprint density at radius 2 is 1.81 bits per heavy atom. The van der Waals surface area contributed by atoms with Crippen LogP contribution in [-0.2, 0) is 11.3 Å². The van der Waals surface area contributed by atoms with Crippen LogP contribution in [0.3, 0.4) is 0 Å². The number of thiophene rings is 1. The van der Waals surface area contributed by atoms with Gasteiger partial charge in [0.2, 0.25) is 5.91 Å². The standard InChI is InChI=1S/C24H16BrN3O2S/c25-17-10-8-16(9-11-17)19-13-31-23-22(19)24(30)28(14-26-23)12-21(29)27-20-7-3-5-15-4-1-2-6-18(15)20/h1-11,13-14H,12H2,(H,27,29). The van der Waals surface area contributed by atoms with E-state index in [1.807, 2.05) is 72.1 Å². The molecule has 0 saturated heterocycles. The van der Waals surface area contributed by atoms with E-state index in [2.05, 4.69) is 26.2 Å². The maximum atomic E-state index is 13.2. The van der Waals surface area contributed by atoms with Crippen LogP contribution in [0.25, 0.3) is 32.1 Å². The second-order valence-corrected chi connectivity index (χ2v) is 8.86. The minimum absolute atomic E-state index is 0.110. The molecule has 0 saturated carbocycles. The Kier molecular flexibility index (Phi) is 5.13. The van der Waals surface area contributed by atoms with Gasteiger partial charge in [0.25, 0.3) is 5.56 Å². The average Bonchev–Trinajstić information content (AvgIpc) is 3.21. The van der Waals surface area contributed by atoms with Crippen molar-refractivity contribution in [2.75, 3.05) is 5.32 Å². The first-order chi connectivity index (χ1) is 15.1. The van der Waals surface area contributed by atoms with E-state index in [4.69, 9.17) is 0 Å². The number of carbonyl (C=O) groups is 1. The number of nitrogens with zero attached hydrogens (tertiary/aromatic N) is 2. The van der Waals surface area contributed by atoms with Crippen LogP contribution in [0.1, 0.15) is 0 Å². The third-order valence-electron chi connectivity index (χ3n) is 5.09. The highest BCUT2D eigenvalue weighted by Gasteiger charge is 2.15. The summed E-state index contributed by atoms with van der Waals surface area (Å²) in [5.74, 6) is -0.278. The van der Waals surface area contributed by atoms with Crippen molar-refractivity contribution in [1.82, 2.24) is 9.55 Å². The van der Waals surface area contributed by atoms with E-state index in [1.165, 1.54) is 22.2 Å². The van der Waals surface area contributed by atoms with Crippen LogP contribution in [0.15, 0.2) is 87.7 Å². The number of aromatic nitrogens is 2. The van der Waals surface area contributed by atoms with Gasteiger partial charge in [0.05, 0.1) is 11.7 Å². The van der Waals surface area contributed by atoms with Gasteiger partial charge in [-0.3, -0.25) is 14.2 Å². The fourth-order valence-electron chi connectivity index (χ4n) is 3.60. The predicted octanol–water partition coefficient (Wildman–Crippen LogP) is 5.68. The summed E-state index contributed by atoms with van der Waals surface area (Å²) < 4.78 is 2.33. The molecule has 3 aromatic carbocycles. The molecule has 0 atom stereocenters. The summed E-state index contributed by atoms with van der Waals surface area (Å²) in [5, 5.41) is 7.39. The zero-order valence-corrected chi connectivity index (χ0v) is 18.6. The van der Waals surface area contributed by atoms with E-state index >= 15 is 0 Å². The lowest BCUT2D eigenvalue weighted by Crippen LogP contribution is -2.27. The molecule has 5 aromatic rings. The molecule has 5 nitrogen and oxygen atoms in total. The highest BCUT2D eigenvalue weighted by Crippen LogP contribution is 2.31. The molecule has 31 heavy (non-hydrogen) atoms. The van der Waals surface area contributed by atoms with Gasteiger partial charge in [0.15, 0.2) is 0 Å². The molecule has 0 aliphatic rings. The first kappa shape index (κ1) is 19.7. The largest absolute Gasteiger partial charge is 0.324 e. The molecular weight excluding hydrogens is 474 g/mol. The van der Waals surface area contributed by atoms with Crippen molar-refractivity contribution < 1.29 is 4.79 Å². The molecule has 0 bridgehead atoms. The minimum Gasteiger partial charge on any atom is -0.324 e. The Balaban J connectivity index is 1.47. The number of halogens is 1. The summed E-state index contributed by atoms with van der Waals surface area (Å²) in [6.45, 7) is -0.110. The average molecular weight is 490 g/mol. The molecule has 0 fully saturated rings. The van der Waals surface area contributed by atoms with E-state index in [0.29, 0.717) is 10.2 Å². The molecule has 1 N–H and O–H groups in total. The Morgan fingerprint density at radius 3 is 2.65 bits per heavy atom. The Hall–Kier alpha value is -3.29. The lowest BCUT2D eigenvalue weighted by molar-refractivity contribution is -0.116. The Bertz CT molecular complexity index is 1480. The molecule has 2 heterocycles. The van der Waals surface area contributed by atoms with Crippen LogP contribution < -0.4 is 10.9 Å². The van der Waals surface area contributed by atoms with Crippen molar-refractivity contribution in [3.63, 3.8) is 0 Å². The fourth-order valence-corrected chi connectivity index (χ4v) is 4.77. The van der Waals surface area contributed by atoms with Crippen molar-refractivity contribution in [1.29, 1.82) is 0 Å². The van der Waals surface area contributed by atoms with E-state index in [-0.39, 0.29) is 18.0 Å². The minimum atomic E-state index is -0.278. The first-order valence-corrected chi connectivity index (χ1v) is 11.3. The first-order valence-electron chi connectivity index (χ1n) is 9.60. The van der Waals surface area contributed by atoms with Crippen molar-refractivity contribution in [2.45, 2.75) is 6.54 Å². The number of hydrogen-bond acceptors (Lipinski definition) is 4. The second kappa shape index (κ2) is 8.09. The normalized spacial score (nSPS) is 11.1. The molecule has 0 aliphatic carbocycles. The number of anilines is 1. The van der Waals surface area contributed by atoms with Crippen LogP contribution >= 0.6 is 27.3 Å². The molecule has 0 radical (unpaired) electrons. The number of amides is 1. The van der Waals surface area contributed by atoms with Gasteiger partial charge in [-0.2, -0.15) is 0 Å². The SMILES string of the molecule is O=C(Cn1cnc2scc(-c3ccc(Br)cc3)c2c1=O)Nc1cccc2ccccc12. The molecule has 7 heteroatoms. The number of benzene rings is 3. The van der Waals surface area contributed by atoms with E-state index in [1.54, 1.807) is 0 Å². The lowest BCUT2D eigenvalue weighted by Gasteiger charge is -2.10. The molecule has 152 valence electrons. The Labute approximate surface area is 190 Å². The summed E-state index contributed by atoms with van der Waals surface area (Å²) in [6.07, 6.45) is 1.44. The molecule has 0 aliphatic heterocycles. The van der Waals surface area contributed by atoms with Gasteiger partial charge in [-0.05, 0) is 29.1 Å². The van der Waals surface area contributed by atoms with E-state index in [9.17, 15) is 9.59 Å². The molecule has 2 aromatic heterocycles. The summed E-state index contributed by atoms with van der Waals surface area (Å²) in [5.41, 5.74) is 2.26. The van der Waals surface area contributed by atoms with Crippen LogP contribution in [0.5, 0.6) is 0 Å². The molecule has 0 spiro atoms. The van der Waals surface area contributed by atoms with Gasteiger partial charge in [-0.1, -0.05) is 64.5 Å². The maximum absolute atomic E-state index is 13.2. The van der Waals surface area contributed by atoms with Crippen LogP contribution in [0.2, 0.25) is 0 Å². The number of hydrogen-bond donors (Lipinski definition) is 1. The van der Waals surface area contributed by atoms with Crippen LogP contribution in [0.4, 0.5) is 5.69 Å². The number of fused-ring (bicyclic) bond motifs is 2. The monoisotopic (exact) mass is 489 g/mol. The van der Waals surface area contributed by atoms with Gasteiger partial charge in [-0.25, -0.2) is 4.98 Å². The smallest absolute Gasteiger partial charge is 0.263 e. The Morgan fingerprint density at radius 1 is 1.03 bits per heavy atom. The summed E-state index contributed by atoms with van der Waals surface area (Å²) >= 11 is 4.86. The third-order valence-corrected chi connectivity index (χ3v) is 6.51. The second-order valence-electron chi connectivity index (χ2n) is 7.09. The summed E-state index contributed by atoms with van der Waals surface area (Å²) in [4.78, 5) is 31.0. The quantitative estimate of drug-likeness (QED) is 0.353. The fraction of sp³-hybridized carbons (Fsp3) is 0.0417. The highest BCUT2D eigenvalue weighted by molar-refractivity contribution is 9.10. The number of rotatable bonds is 4. The van der Waals surface area contributed by atoms with Gasteiger partial charge in [0.1, 0.15) is 11.4 Å². The molecule has 0 unspecified atom stereocenters. The molecular formula is C24H16BrN3O2S. The van der Waals surface area contributed by atoms with Gasteiger partial charge < -0.3 is 5.32 Å².